The second-order valence-corrected chi connectivity index (χ2v) is 5.25. The Balaban J connectivity index is 2.84. The molecule has 0 saturated heterocycles. The molecule has 1 aromatic rings. The number of aliphatic hydroxyl groups is 1. The van der Waals surface area contributed by atoms with Crippen molar-refractivity contribution in [1.29, 1.82) is 0 Å². The van der Waals surface area contributed by atoms with E-state index in [0.717, 1.165) is 16.2 Å². The average molecular weight is 306 g/mol. The Kier molecular flexibility index (Phi) is 6.75. The number of allylic oxidation sites excluding steroid dienone is 1. The van der Waals surface area contributed by atoms with Crippen LogP contribution in [0.1, 0.15) is 26.7 Å². The lowest BCUT2D eigenvalue weighted by molar-refractivity contribution is -0.384. The molecule has 0 aliphatic rings. The summed E-state index contributed by atoms with van der Waals surface area (Å²) in [6.45, 7) is 7.63. The summed E-state index contributed by atoms with van der Waals surface area (Å²) in [5, 5.41) is 31.0. The third-order valence-electron chi connectivity index (χ3n) is 3.44. The zero-order valence-corrected chi connectivity index (χ0v) is 12.9. The van der Waals surface area contributed by atoms with Gasteiger partial charge in [0.15, 0.2) is 0 Å². The molecule has 1 rings (SSSR count). The largest absolute Gasteiger partial charge is 0.392 e. The van der Waals surface area contributed by atoms with Gasteiger partial charge in [-0.1, -0.05) is 23.8 Å². The average Bonchev–Trinajstić information content (AvgIpc) is 2.47. The van der Waals surface area contributed by atoms with Crippen molar-refractivity contribution in [2.24, 2.45) is 0 Å². The summed E-state index contributed by atoms with van der Waals surface area (Å²) < 4.78 is 0. The van der Waals surface area contributed by atoms with Gasteiger partial charge in [-0.05, 0) is 38.8 Å². The van der Waals surface area contributed by atoms with Crippen LogP contribution in [-0.2, 0) is 0 Å². The van der Waals surface area contributed by atoms with E-state index in [0.29, 0.717) is 18.5 Å². The molecule has 0 fully saturated rings. The molecule has 0 aliphatic carbocycles. The Hall–Kier alpha value is -2.18. The number of non-ortho nitro benzene ring substituents is 1. The Bertz CT molecular complexity index is 552. The molecule has 120 valence electrons. The first-order valence-electron chi connectivity index (χ1n) is 7.01. The first-order valence-corrected chi connectivity index (χ1v) is 7.01. The molecule has 0 radical (unpaired) electrons. The van der Waals surface area contributed by atoms with E-state index in [1.54, 1.807) is 6.08 Å². The number of hydroxylamine groups is 1. The summed E-state index contributed by atoms with van der Waals surface area (Å²) >= 11 is 0. The molecule has 0 amide bonds. The van der Waals surface area contributed by atoms with Gasteiger partial charge >= 0.3 is 0 Å². The zero-order chi connectivity index (χ0) is 16.7. The highest BCUT2D eigenvalue weighted by atomic mass is 16.6. The molecular formula is C16H22N2O4. The summed E-state index contributed by atoms with van der Waals surface area (Å²) in [6.07, 6.45) is 3.07. The third kappa shape index (κ3) is 4.98. The summed E-state index contributed by atoms with van der Waals surface area (Å²) in [6, 6.07) is 5.41. The number of nitro benzene ring substituents is 1. The molecule has 6 heteroatoms. The van der Waals surface area contributed by atoms with Crippen molar-refractivity contribution in [2.75, 3.05) is 11.7 Å². The van der Waals surface area contributed by atoms with E-state index in [1.807, 2.05) is 13.8 Å². The van der Waals surface area contributed by atoms with Gasteiger partial charge < -0.3 is 5.11 Å². The normalized spacial score (nSPS) is 12.8. The van der Waals surface area contributed by atoms with Crippen LogP contribution in [-0.4, -0.2) is 27.9 Å². The molecule has 1 unspecified atom stereocenters. The van der Waals surface area contributed by atoms with E-state index in [1.165, 1.54) is 24.3 Å². The quantitative estimate of drug-likeness (QED) is 0.436. The van der Waals surface area contributed by atoms with Crippen LogP contribution in [0.4, 0.5) is 11.4 Å². The van der Waals surface area contributed by atoms with Crippen molar-refractivity contribution in [1.82, 2.24) is 0 Å². The topological polar surface area (TPSA) is 86.8 Å². The van der Waals surface area contributed by atoms with E-state index in [4.69, 9.17) is 5.11 Å². The molecule has 0 saturated carbocycles. The highest BCUT2D eigenvalue weighted by Gasteiger charge is 2.19. The number of benzene rings is 1. The molecule has 0 spiro atoms. The molecule has 0 heterocycles. The maximum atomic E-state index is 10.7. The van der Waals surface area contributed by atoms with Crippen molar-refractivity contribution < 1.29 is 15.2 Å². The van der Waals surface area contributed by atoms with Crippen LogP contribution in [0.15, 0.2) is 48.1 Å². The van der Waals surface area contributed by atoms with E-state index < -0.39 is 4.92 Å². The maximum absolute atomic E-state index is 10.7. The standard InChI is InChI=1S/C16H22N2O4/c1-12(2)16(9-4-13(3)10-11-19)17(20)14-5-7-15(8-6-14)18(21)22/h5-8,10,16,19-20H,1,4,9,11H2,2-3H3/b13-10-. The van der Waals surface area contributed by atoms with E-state index in [2.05, 4.69) is 6.58 Å². The van der Waals surface area contributed by atoms with Crippen LogP contribution in [0.3, 0.4) is 0 Å². The Morgan fingerprint density at radius 1 is 1.41 bits per heavy atom. The molecule has 0 aliphatic heterocycles. The lowest BCUT2D eigenvalue weighted by Crippen LogP contribution is -2.33. The predicted octanol–water partition coefficient (Wildman–Crippen LogP) is 3.45. The first-order chi connectivity index (χ1) is 10.4. The van der Waals surface area contributed by atoms with Crippen LogP contribution >= 0.6 is 0 Å². The Labute approximate surface area is 130 Å². The van der Waals surface area contributed by atoms with Gasteiger partial charge in [0.05, 0.1) is 23.3 Å². The number of nitrogens with zero attached hydrogens (tertiary/aromatic N) is 2. The van der Waals surface area contributed by atoms with E-state index >= 15 is 0 Å². The number of hydrogen-bond donors (Lipinski definition) is 2. The zero-order valence-electron chi connectivity index (χ0n) is 12.9. The van der Waals surface area contributed by atoms with Crippen LogP contribution in [0.2, 0.25) is 0 Å². The van der Waals surface area contributed by atoms with Gasteiger partial charge in [0.2, 0.25) is 0 Å². The number of anilines is 1. The minimum Gasteiger partial charge on any atom is -0.392 e. The second-order valence-electron chi connectivity index (χ2n) is 5.25. The van der Waals surface area contributed by atoms with E-state index in [-0.39, 0.29) is 18.3 Å². The van der Waals surface area contributed by atoms with Gasteiger partial charge in [0.25, 0.3) is 5.69 Å². The summed E-state index contributed by atoms with van der Waals surface area (Å²) in [7, 11) is 0. The van der Waals surface area contributed by atoms with Crippen LogP contribution < -0.4 is 5.06 Å². The monoisotopic (exact) mass is 306 g/mol. The molecule has 0 aromatic heterocycles. The number of nitro groups is 1. The second kappa shape index (κ2) is 8.31. The van der Waals surface area contributed by atoms with Crippen molar-refractivity contribution in [3.05, 3.63) is 58.2 Å². The maximum Gasteiger partial charge on any atom is 0.269 e. The van der Waals surface area contributed by atoms with Gasteiger partial charge in [0.1, 0.15) is 0 Å². The SMILES string of the molecule is C=C(C)C(CC/C(C)=C\CO)N(O)c1ccc([N+](=O)[O-])cc1. The molecule has 1 aromatic carbocycles. The summed E-state index contributed by atoms with van der Waals surface area (Å²) in [5.41, 5.74) is 2.27. The van der Waals surface area contributed by atoms with Gasteiger partial charge in [-0.25, -0.2) is 5.06 Å². The molecular weight excluding hydrogens is 284 g/mol. The summed E-state index contributed by atoms with van der Waals surface area (Å²) in [5.74, 6) is 0. The van der Waals surface area contributed by atoms with E-state index in [9.17, 15) is 15.3 Å². The Morgan fingerprint density at radius 3 is 2.45 bits per heavy atom. The predicted molar refractivity (Wildman–Crippen MR) is 86.0 cm³/mol. The van der Waals surface area contributed by atoms with Gasteiger partial charge in [-0.2, -0.15) is 0 Å². The van der Waals surface area contributed by atoms with Gasteiger partial charge in [-0.3, -0.25) is 15.3 Å². The third-order valence-corrected chi connectivity index (χ3v) is 3.44. The molecule has 1 atom stereocenters. The first kappa shape index (κ1) is 17.9. The van der Waals surface area contributed by atoms with Gasteiger partial charge in [-0.15, -0.1) is 0 Å². The van der Waals surface area contributed by atoms with Crippen molar-refractivity contribution in [2.45, 2.75) is 32.7 Å². The number of rotatable bonds is 8. The van der Waals surface area contributed by atoms with Crippen LogP contribution in [0.5, 0.6) is 0 Å². The van der Waals surface area contributed by atoms with Crippen molar-refractivity contribution >= 4 is 11.4 Å². The van der Waals surface area contributed by atoms with Crippen molar-refractivity contribution in [3.63, 3.8) is 0 Å². The molecule has 22 heavy (non-hydrogen) atoms. The molecule has 2 N–H and O–H groups in total. The fourth-order valence-electron chi connectivity index (χ4n) is 2.11. The minimum atomic E-state index is -0.481. The van der Waals surface area contributed by atoms with Gasteiger partial charge in [0, 0.05) is 12.1 Å². The minimum absolute atomic E-state index is 0.00520. The highest BCUT2D eigenvalue weighted by molar-refractivity contribution is 5.50. The molecule has 0 bridgehead atoms. The van der Waals surface area contributed by atoms with Crippen LogP contribution in [0.25, 0.3) is 0 Å². The fraction of sp³-hybridized carbons (Fsp3) is 0.375. The summed E-state index contributed by atoms with van der Waals surface area (Å²) in [4.78, 5) is 10.2. The smallest absolute Gasteiger partial charge is 0.269 e. The molecule has 6 nitrogen and oxygen atoms in total. The number of hydrogen-bond acceptors (Lipinski definition) is 5. The lowest BCUT2D eigenvalue weighted by Gasteiger charge is -2.28. The lowest BCUT2D eigenvalue weighted by atomic mass is 10.0. The Morgan fingerprint density at radius 2 is 2.00 bits per heavy atom. The number of aliphatic hydroxyl groups excluding tert-OH is 1. The highest BCUT2D eigenvalue weighted by Crippen LogP contribution is 2.24. The van der Waals surface area contributed by atoms with Crippen LogP contribution in [0, 0.1) is 10.1 Å². The van der Waals surface area contributed by atoms with Crippen molar-refractivity contribution in [3.8, 4) is 0 Å². The fourth-order valence-corrected chi connectivity index (χ4v) is 2.11.